The summed E-state index contributed by atoms with van der Waals surface area (Å²) in [6.07, 6.45) is -0.546. The topological polar surface area (TPSA) is 52.6 Å². The number of cyclic esters (lactones) is 1. The first-order chi connectivity index (χ1) is 9.56. The standard InChI is InChI=1S/C16H20O4/c1-4-19-15(17)13-12(10(2)3)16(18)20-14(13)11-8-6-5-7-9-11/h5-10,12-14H,4H2,1-3H3. The van der Waals surface area contributed by atoms with Gasteiger partial charge in [0.2, 0.25) is 0 Å². The van der Waals surface area contributed by atoms with E-state index in [-0.39, 0.29) is 17.9 Å². The van der Waals surface area contributed by atoms with Gasteiger partial charge in [-0.05, 0) is 18.4 Å². The van der Waals surface area contributed by atoms with E-state index in [0.717, 1.165) is 5.56 Å². The number of rotatable bonds is 4. The third-order valence-electron chi connectivity index (χ3n) is 3.63. The third-order valence-corrected chi connectivity index (χ3v) is 3.63. The lowest BCUT2D eigenvalue weighted by atomic mass is 9.80. The van der Waals surface area contributed by atoms with E-state index in [1.807, 2.05) is 44.2 Å². The summed E-state index contributed by atoms with van der Waals surface area (Å²) in [7, 11) is 0. The Morgan fingerprint density at radius 1 is 1.30 bits per heavy atom. The van der Waals surface area contributed by atoms with Gasteiger partial charge in [0.1, 0.15) is 12.0 Å². The van der Waals surface area contributed by atoms with Crippen molar-refractivity contribution in [3.63, 3.8) is 0 Å². The molecule has 1 aliphatic heterocycles. The lowest BCUT2D eigenvalue weighted by Gasteiger charge is -2.21. The summed E-state index contributed by atoms with van der Waals surface area (Å²) in [6, 6.07) is 9.36. The highest BCUT2D eigenvalue weighted by Gasteiger charge is 2.51. The molecule has 20 heavy (non-hydrogen) atoms. The molecule has 0 aliphatic carbocycles. The summed E-state index contributed by atoms with van der Waals surface area (Å²) in [5, 5.41) is 0. The van der Waals surface area contributed by atoms with Gasteiger partial charge >= 0.3 is 11.9 Å². The molecular weight excluding hydrogens is 256 g/mol. The molecule has 1 aromatic carbocycles. The average molecular weight is 276 g/mol. The van der Waals surface area contributed by atoms with Crippen molar-refractivity contribution in [2.75, 3.05) is 6.61 Å². The molecule has 0 N–H and O–H groups in total. The van der Waals surface area contributed by atoms with Crippen LogP contribution in [0, 0.1) is 17.8 Å². The van der Waals surface area contributed by atoms with Crippen LogP contribution in [-0.2, 0) is 19.1 Å². The summed E-state index contributed by atoms with van der Waals surface area (Å²) in [4.78, 5) is 24.3. The van der Waals surface area contributed by atoms with Gasteiger partial charge in [0.15, 0.2) is 0 Å². The molecule has 108 valence electrons. The Morgan fingerprint density at radius 2 is 1.95 bits per heavy atom. The molecule has 1 aromatic rings. The lowest BCUT2D eigenvalue weighted by molar-refractivity contribution is -0.151. The highest BCUT2D eigenvalue weighted by atomic mass is 16.6. The second-order valence-electron chi connectivity index (χ2n) is 5.32. The number of carbonyl (C=O) groups is 2. The van der Waals surface area contributed by atoms with E-state index in [0.29, 0.717) is 6.61 Å². The van der Waals surface area contributed by atoms with Gasteiger partial charge in [-0.25, -0.2) is 0 Å². The zero-order valence-electron chi connectivity index (χ0n) is 12.0. The molecule has 0 aromatic heterocycles. The van der Waals surface area contributed by atoms with Gasteiger partial charge in [-0.1, -0.05) is 44.2 Å². The van der Waals surface area contributed by atoms with Crippen LogP contribution < -0.4 is 0 Å². The Morgan fingerprint density at radius 3 is 2.50 bits per heavy atom. The fraction of sp³-hybridized carbons (Fsp3) is 0.500. The van der Waals surface area contributed by atoms with Gasteiger partial charge in [-0.15, -0.1) is 0 Å². The highest BCUT2D eigenvalue weighted by Crippen LogP contribution is 2.43. The summed E-state index contributed by atoms with van der Waals surface area (Å²) in [5.74, 6) is -1.65. The molecule has 4 heteroatoms. The summed E-state index contributed by atoms with van der Waals surface area (Å²) in [6.45, 7) is 5.91. The van der Waals surface area contributed by atoms with E-state index in [9.17, 15) is 9.59 Å². The Kier molecular flexibility index (Phi) is 4.42. The minimum Gasteiger partial charge on any atom is -0.466 e. The molecule has 1 heterocycles. The van der Waals surface area contributed by atoms with Crippen LogP contribution in [0.5, 0.6) is 0 Å². The second-order valence-corrected chi connectivity index (χ2v) is 5.32. The maximum atomic E-state index is 12.2. The molecule has 0 bridgehead atoms. The van der Waals surface area contributed by atoms with E-state index < -0.39 is 17.9 Å². The fourth-order valence-corrected chi connectivity index (χ4v) is 2.73. The van der Waals surface area contributed by atoms with E-state index in [1.54, 1.807) is 6.92 Å². The maximum absolute atomic E-state index is 12.2. The van der Waals surface area contributed by atoms with Crippen molar-refractivity contribution >= 4 is 11.9 Å². The van der Waals surface area contributed by atoms with Crippen LogP contribution in [0.3, 0.4) is 0 Å². The minimum atomic E-state index is -0.565. The van der Waals surface area contributed by atoms with Crippen molar-refractivity contribution in [1.82, 2.24) is 0 Å². The first kappa shape index (κ1) is 14.6. The lowest BCUT2D eigenvalue weighted by Crippen LogP contribution is -2.30. The Bertz CT molecular complexity index is 481. The highest BCUT2D eigenvalue weighted by molar-refractivity contribution is 5.86. The predicted molar refractivity (Wildman–Crippen MR) is 73.7 cm³/mol. The van der Waals surface area contributed by atoms with Crippen molar-refractivity contribution in [3.05, 3.63) is 35.9 Å². The number of ether oxygens (including phenoxy) is 2. The van der Waals surface area contributed by atoms with Gasteiger partial charge in [0.25, 0.3) is 0 Å². The molecule has 1 aliphatic rings. The molecule has 2 rings (SSSR count). The monoisotopic (exact) mass is 276 g/mol. The summed E-state index contributed by atoms with van der Waals surface area (Å²) < 4.78 is 10.6. The summed E-state index contributed by atoms with van der Waals surface area (Å²) >= 11 is 0. The van der Waals surface area contributed by atoms with Crippen LogP contribution in [-0.4, -0.2) is 18.5 Å². The number of esters is 2. The fourth-order valence-electron chi connectivity index (χ4n) is 2.73. The SMILES string of the molecule is CCOC(=O)C1C(c2ccccc2)OC(=O)C1C(C)C. The van der Waals surface area contributed by atoms with Gasteiger partial charge in [0.05, 0.1) is 12.5 Å². The van der Waals surface area contributed by atoms with Crippen LogP contribution in [0.2, 0.25) is 0 Å². The Hall–Kier alpha value is -1.84. The molecule has 3 unspecified atom stereocenters. The number of hydrogen-bond acceptors (Lipinski definition) is 4. The molecule has 0 amide bonds. The van der Waals surface area contributed by atoms with Crippen LogP contribution >= 0.6 is 0 Å². The molecule has 4 nitrogen and oxygen atoms in total. The number of hydrogen-bond donors (Lipinski definition) is 0. The van der Waals surface area contributed by atoms with E-state index in [1.165, 1.54) is 0 Å². The first-order valence-corrected chi connectivity index (χ1v) is 6.98. The van der Waals surface area contributed by atoms with Crippen molar-refractivity contribution in [2.45, 2.75) is 26.9 Å². The molecule has 0 spiro atoms. The Balaban J connectivity index is 2.35. The van der Waals surface area contributed by atoms with E-state index in [4.69, 9.17) is 9.47 Å². The molecule has 0 saturated carbocycles. The molecule has 1 saturated heterocycles. The normalized spacial score (nSPS) is 25.6. The van der Waals surface area contributed by atoms with E-state index >= 15 is 0 Å². The quantitative estimate of drug-likeness (QED) is 0.793. The number of benzene rings is 1. The maximum Gasteiger partial charge on any atom is 0.313 e. The van der Waals surface area contributed by atoms with Gasteiger partial charge in [-0.3, -0.25) is 9.59 Å². The largest absolute Gasteiger partial charge is 0.466 e. The van der Waals surface area contributed by atoms with Gasteiger partial charge in [-0.2, -0.15) is 0 Å². The van der Waals surface area contributed by atoms with Crippen LogP contribution in [0.15, 0.2) is 30.3 Å². The van der Waals surface area contributed by atoms with E-state index in [2.05, 4.69) is 0 Å². The van der Waals surface area contributed by atoms with Gasteiger partial charge in [0, 0.05) is 0 Å². The zero-order valence-corrected chi connectivity index (χ0v) is 12.0. The first-order valence-electron chi connectivity index (χ1n) is 6.98. The molecular formula is C16H20O4. The molecule has 1 fully saturated rings. The van der Waals surface area contributed by atoms with Crippen LogP contribution in [0.25, 0.3) is 0 Å². The van der Waals surface area contributed by atoms with Crippen molar-refractivity contribution in [2.24, 2.45) is 17.8 Å². The minimum absolute atomic E-state index is 0.0330. The summed E-state index contributed by atoms with van der Waals surface area (Å²) in [5.41, 5.74) is 0.835. The van der Waals surface area contributed by atoms with Gasteiger partial charge < -0.3 is 9.47 Å². The smallest absolute Gasteiger partial charge is 0.313 e. The van der Waals surface area contributed by atoms with Crippen molar-refractivity contribution in [1.29, 1.82) is 0 Å². The Labute approximate surface area is 119 Å². The third kappa shape index (κ3) is 2.69. The number of carbonyl (C=O) groups excluding carboxylic acids is 2. The van der Waals surface area contributed by atoms with Crippen molar-refractivity contribution < 1.29 is 19.1 Å². The molecule has 0 radical (unpaired) electrons. The second kappa shape index (κ2) is 6.07. The predicted octanol–water partition coefficient (Wildman–Crippen LogP) is 2.74. The molecule has 3 atom stereocenters. The average Bonchev–Trinajstić information content (AvgIpc) is 2.78. The van der Waals surface area contributed by atoms with Crippen LogP contribution in [0.4, 0.5) is 0 Å². The van der Waals surface area contributed by atoms with Crippen molar-refractivity contribution in [3.8, 4) is 0 Å². The zero-order chi connectivity index (χ0) is 14.7. The van der Waals surface area contributed by atoms with Crippen LogP contribution in [0.1, 0.15) is 32.4 Å².